The molecular weight excluding hydrogens is 256 g/mol. The second-order valence-electron chi connectivity index (χ2n) is 3.59. The van der Waals surface area contributed by atoms with E-state index in [0.717, 1.165) is 10.0 Å². The molecule has 0 unspecified atom stereocenters. The van der Waals surface area contributed by atoms with Gasteiger partial charge < -0.3 is 4.79 Å². The average Bonchev–Trinajstić information content (AvgIpc) is 2.18. The van der Waals surface area contributed by atoms with Crippen molar-refractivity contribution in [2.75, 3.05) is 0 Å². The molecule has 1 aromatic rings. The first-order chi connectivity index (χ1) is 7.00. The maximum atomic E-state index is 11.6. The van der Waals surface area contributed by atoms with Gasteiger partial charge in [-0.15, -0.1) is 0 Å². The zero-order valence-corrected chi connectivity index (χ0v) is 10.4. The smallest absolute Gasteiger partial charge is 0.163 e. The topological polar surface area (TPSA) is 34.1 Å². The molecule has 0 saturated carbocycles. The lowest BCUT2D eigenvalue weighted by molar-refractivity contribution is -0.116. The molecule has 0 N–H and O–H groups in total. The van der Waals surface area contributed by atoms with Crippen molar-refractivity contribution in [2.45, 2.75) is 26.7 Å². The van der Waals surface area contributed by atoms with Crippen LogP contribution in [0.2, 0.25) is 0 Å². The first-order valence-corrected chi connectivity index (χ1v) is 5.59. The molecule has 80 valence electrons. The monoisotopic (exact) mass is 268 g/mol. The molecule has 0 heterocycles. The molecule has 15 heavy (non-hydrogen) atoms. The van der Waals surface area contributed by atoms with Crippen molar-refractivity contribution in [1.29, 1.82) is 0 Å². The van der Waals surface area contributed by atoms with E-state index in [0.29, 0.717) is 18.4 Å². The van der Waals surface area contributed by atoms with E-state index in [-0.39, 0.29) is 11.6 Å². The molecule has 0 bridgehead atoms. The molecule has 0 amide bonds. The highest BCUT2D eigenvalue weighted by Gasteiger charge is 2.08. The third kappa shape index (κ3) is 3.59. The van der Waals surface area contributed by atoms with Crippen LogP contribution in [0.15, 0.2) is 22.7 Å². The first-order valence-electron chi connectivity index (χ1n) is 4.79. The Bertz CT molecular complexity index is 397. The van der Waals surface area contributed by atoms with E-state index in [2.05, 4.69) is 15.9 Å². The van der Waals surface area contributed by atoms with Crippen molar-refractivity contribution in [2.24, 2.45) is 0 Å². The largest absolute Gasteiger partial charge is 0.300 e. The van der Waals surface area contributed by atoms with Crippen LogP contribution in [-0.2, 0) is 4.79 Å². The summed E-state index contributed by atoms with van der Waals surface area (Å²) in [5, 5.41) is 0. The van der Waals surface area contributed by atoms with Crippen LogP contribution in [0.3, 0.4) is 0 Å². The van der Waals surface area contributed by atoms with Crippen LogP contribution in [0.5, 0.6) is 0 Å². The van der Waals surface area contributed by atoms with Crippen LogP contribution < -0.4 is 0 Å². The summed E-state index contributed by atoms with van der Waals surface area (Å²) in [6.45, 7) is 3.44. The highest BCUT2D eigenvalue weighted by Crippen LogP contribution is 2.18. The molecule has 0 aromatic heterocycles. The summed E-state index contributed by atoms with van der Waals surface area (Å²) in [5.41, 5.74) is 1.71. The van der Waals surface area contributed by atoms with Crippen LogP contribution in [0.4, 0.5) is 0 Å². The molecule has 0 aliphatic heterocycles. The highest BCUT2D eigenvalue weighted by atomic mass is 79.9. The fourth-order valence-electron chi connectivity index (χ4n) is 1.25. The normalized spacial score (nSPS) is 10.1. The van der Waals surface area contributed by atoms with Crippen LogP contribution in [-0.4, -0.2) is 11.6 Å². The van der Waals surface area contributed by atoms with Gasteiger partial charge in [-0.25, -0.2) is 0 Å². The molecule has 0 atom stereocenters. The zero-order chi connectivity index (χ0) is 11.4. The second-order valence-corrected chi connectivity index (χ2v) is 4.44. The molecule has 2 nitrogen and oxygen atoms in total. The number of hydrogen-bond acceptors (Lipinski definition) is 2. The minimum Gasteiger partial charge on any atom is -0.300 e. The minimum atomic E-state index is 0.0285. The number of aryl methyl sites for hydroxylation is 1. The van der Waals surface area contributed by atoms with Gasteiger partial charge in [-0.2, -0.15) is 0 Å². The van der Waals surface area contributed by atoms with Gasteiger partial charge in [0.15, 0.2) is 5.78 Å². The van der Waals surface area contributed by atoms with Crippen molar-refractivity contribution < 1.29 is 9.59 Å². The number of halogens is 1. The molecule has 0 fully saturated rings. The zero-order valence-electron chi connectivity index (χ0n) is 8.84. The van der Waals surface area contributed by atoms with Gasteiger partial charge in [0.05, 0.1) is 0 Å². The summed E-state index contributed by atoms with van der Waals surface area (Å²) in [7, 11) is 0. The van der Waals surface area contributed by atoms with Gasteiger partial charge in [0.1, 0.15) is 5.78 Å². The number of hydrogen-bond donors (Lipinski definition) is 0. The Hall–Kier alpha value is -0.960. The average molecular weight is 269 g/mol. The summed E-state index contributed by atoms with van der Waals surface area (Å²) < 4.78 is 0.991. The van der Waals surface area contributed by atoms with E-state index in [1.807, 2.05) is 19.1 Å². The van der Waals surface area contributed by atoms with Crippen molar-refractivity contribution in [3.8, 4) is 0 Å². The Morgan fingerprint density at radius 2 is 1.93 bits per heavy atom. The van der Waals surface area contributed by atoms with Gasteiger partial charge >= 0.3 is 0 Å². The molecule has 3 heteroatoms. The van der Waals surface area contributed by atoms with Gasteiger partial charge in [-0.1, -0.05) is 22.0 Å². The molecule has 0 spiro atoms. The van der Waals surface area contributed by atoms with Crippen molar-refractivity contribution in [1.82, 2.24) is 0 Å². The van der Waals surface area contributed by atoms with Crippen LogP contribution in [0.1, 0.15) is 35.7 Å². The molecular formula is C12H13BrO2. The van der Waals surface area contributed by atoms with E-state index in [1.165, 1.54) is 6.92 Å². The molecule has 0 aliphatic rings. The number of carbonyl (C=O) groups is 2. The van der Waals surface area contributed by atoms with E-state index < -0.39 is 0 Å². The number of carbonyl (C=O) groups excluding carboxylic acids is 2. The van der Waals surface area contributed by atoms with E-state index in [1.54, 1.807) is 6.07 Å². The van der Waals surface area contributed by atoms with Crippen molar-refractivity contribution in [3.63, 3.8) is 0 Å². The second kappa shape index (κ2) is 5.21. The predicted molar refractivity (Wildman–Crippen MR) is 63.1 cm³/mol. The quantitative estimate of drug-likeness (QED) is 0.786. The van der Waals surface area contributed by atoms with E-state index >= 15 is 0 Å². The van der Waals surface area contributed by atoms with Crippen LogP contribution >= 0.6 is 15.9 Å². The Kier molecular flexibility index (Phi) is 4.21. The number of benzene rings is 1. The molecule has 0 radical (unpaired) electrons. The highest BCUT2D eigenvalue weighted by molar-refractivity contribution is 9.10. The standard InChI is InChI=1S/C12H13BrO2/c1-8-7-10(4-5-11(8)13)12(15)6-3-9(2)14/h4-5,7H,3,6H2,1-2H3. The van der Waals surface area contributed by atoms with Crippen LogP contribution in [0, 0.1) is 6.92 Å². The fourth-order valence-corrected chi connectivity index (χ4v) is 1.50. The van der Waals surface area contributed by atoms with Crippen molar-refractivity contribution in [3.05, 3.63) is 33.8 Å². The SMILES string of the molecule is CC(=O)CCC(=O)c1ccc(Br)c(C)c1. The maximum absolute atomic E-state index is 11.6. The Morgan fingerprint density at radius 3 is 2.47 bits per heavy atom. The Labute approximate surface area is 97.8 Å². The van der Waals surface area contributed by atoms with Crippen LogP contribution in [0.25, 0.3) is 0 Å². The molecule has 0 saturated heterocycles. The van der Waals surface area contributed by atoms with E-state index in [9.17, 15) is 9.59 Å². The van der Waals surface area contributed by atoms with Gasteiger partial charge in [0, 0.05) is 22.9 Å². The maximum Gasteiger partial charge on any atom is 0.163 e. The molecule has 1 aromatic carbocycles. The summed E-state index contributed by atoms with van der Waals surface area (Å²) in [6, 6.07) is 5.47. The summed E-state index contributed by atoms with van der Waals surface area (Å²) in [4.78, 5) is 22.4. The number of ketones is 2. The lowest BCUT2D eigenvalue weighted by Gasteiger charge is -2.02. The first kappa shape index (κ1) is 12.1. The lowest BCUT2D eigenvalue weighted by Crippen LogP contribution is -2.02. The van der Waals surface area contributed by atoms with Crippen molar-refractivity contribution >= 4 is 27.5 Å². The number of rotatable bonds is 4. The molecule has 0 aliphatic carbocycles. The number of Topliss-reactive ketones (excluding diaryl/α,β-unsaturated/α-hetero) is 2. The summed E-state index contributed by atoms with van der Waals surface area (Å²) >= 11 is 3.38. The van der Waals surface area contributed by atoms with Gasteiger partial charge in [-0.3, -0.25) is 4.79 Å². The molecule has 1 rings (SSSR count). The van der Waals surface area contributed by atoms with Gasteiger partial charge in [0.2, 0.25) is 0 Å². The third-order valence-electron chi connectivity index (χ3n) is 2.18. The predicted octanol–water partition coefficient (Wildman–Crippen LogP) is 3.31. The Balaban J connectivity index is 2.74. The third-order valence-corrected chi connectivity index (χ3v) is 3.07. The van der Waals surface area contributed by atoms with Gasteiger partial charge in [-0.05, 0) is 31.5 Å². The minimum absolute atomic E-state index is 0.0285. The summed E-state index contributed by atoms with van der Waals surface area (Å²) in [5.74, 6) is 0.0815. The van der Waals surface area contributed by atoms with E-state index in [4.69, 9.17) is 0 Å². The summed E-state index contributed by atoms with van der Waals surface area (Å²) in [6.07, 6.45) is 0.629. The lowest BCUT2D eigenvalue weighted by atomic mass is 10.0. The van der Waals surface area contributed by atoms with Gasteiger partial charge in [0.25, 0.3) is 0 Å². The Morgan fingerprint density at radius 1 is 1.27 bits per heavy atom. The fraction of sp³-hybridized carbons (Fsp3) is 0.333.